The molecule has 0 bridgehead atoms. The molecule has 3 nitrogen and oxygen atoms in total. The monoisotopic (exact) mass is 259 g/mol. The van der Waals surface area contributed by atoms with Crippen molar-refractivity contribution >= 4 is 6.09 Å². The summed E-state index contributed by atoms with van der Waals surface area (Å²) < 4.78 is 5.39. The first-order chi connectivity index (χ1) is 9.22. The molecule has 19 heavy (non-hydrogen) atoms. The van der Waals surface area contributed by atoms with Gasteiger partial charge in [-0.1, -0.05) is 37.3 Å². The third kappa shape index (κ3) is 2.75. The fraction of sp³-hybridized carbons (Fsp3) is 0.562. The minimum atomic E-state index is -0.147. The second-order valence-corrected chi connectivity index (χ2v) is 6.04. The summed E-state index contributed by atoms with van der Waals surface area (Å²) in [6.07, 6.45) is 2.39. The van der Waals surface area contributed by atoms with E-state index < -0.39 is 0 Å². The second-order valence-electron chi connectivity index (χ2n) is 6.04. The van der Waals surface area contributed by atoms with Crippen molar-refractivity contribution < 1.29 is 9.53 Å². The maximum absolute atomic E-state index is 12.0. The smallest absolute Gasteiger partial charge is 0.410 e. The highest BCUT2D eigenvalue weighted by molar-refractivity contribution is 5.68. The predicted octanol–water partition coefficient (Wildman–Crippen LogP) is 3.30. The van der Waals surface area contributed by atoms with Crippen LogP contribution in [0.15, 0.2) is 30.3 Å². The first-order valence-electron chi connectivity index (χ1n) is 7.18. The first kappa shape index (κ1) is 12.5. The molecule has 0 N–H and O–H groups in total. The summed E-state index contributed by atoms with van der Waals surface area (Å²) in [6.45, 7) is 4.48. The molecule has 1 aromatic rings. The maximum Gasteiger partial charge on any atom is 0.410 e. The number of carbonyl (C=O) groups excluding carboxylic acids is 1. The number of ether oxygens (including phenoxy) is 1. The summed E-state index contributed by atoms with van der Waals surface area (Å²) in [4.78, 5) is 13.9. The average molecular weight is 259 g/mol. The number of hydrogen-bond donors (Lipinski definition) is 0. The number of benzene rings is 1. The fourth-order valence-electron chi connectivity index (χ4n) is 3.56. The van der Waals surface area contributed by atoms with Gasteiger partial charge in [0, 0.05) is 13.1 Å². The second kappa shape index (κ2) is 5.24. The molecule has 1 unspecified atom stereocenters. The highest BCUT2D eigenvalue weighted by Crippen LogP contribution is 2.41. The van der Waals surface area contributed by atoms with Gasteiger partial charge in [-0.05, 0) is 36.2 Å². The Morgan fingerprint density at radius 1 is 1.21 bits per heavy atom. The molecule has 1 amide bonds. The van der Waals surface area contributed by atoms with Gasteiger partial charge in [-0.2, -0.15) is 0 Å². The number of rotatable bonds is 2. The molecule has 0 radical (unpaired) electrons. The third-order valence-corrected chi connectivity index (χ3v) is 4.45. The molecule has 2 aliphatic rings. The van der Waals surface area contributed by atoms with Crippen molar-refractivity contribution in [2.75, 3.05) is 13.1 Å². The average Bonchev–Trinajstić information content (AvgIpc) is 2.94. The van der Waals surface area contributed by atoms with Crippen LogP contribution in [-0.2, 0) is 11.3 Å². The lowest BCUT2D eigenvalue weighted by atomic mass is 10.0. The molecule has 1 heterocycles. The highest BCUT2D eigenvalue weighted by Gasteiger charge is 2.41. The molecule has 3 atom stereocenters. The zero-order valence-corrected chi connectivity index (χ0v) is 11.4. The van der Waals surface area contributed by atoms with Gasteiger partial charge in [0.05, 0.1) is 0 Å². The van der Waals surface area contributed by atoms with Crippen LogP contribution in [0.1, 0.15) is 25.3 Å². The first-order valence-corrected chi connectivity index (χ1v) is 7.18. The lowest BCUT2D eigenvalue weighted by Crippen LogP contribution is -2.30. The SMILES string of the molecule is CC1C[C@@H]2CN(C(=O)OCc3ccccc3)C[C@@H]2C1. The number of fused-ring (bicyclic) bond motifs is 1. The van der Waals surface area contributed by atoms with E-state index in [0.29, 0.717) is 18.4 Å². The van der Waals surface area contributed by atoms with Crippen molar-refractivity contribution in [1.82, 2.24) is 4.90 Å². The van der Waals surface area contributed by atoms with Gasteiger partial charge in [-0.25, -0.2) is 4.79 Å². The number of amides is 1. The van der Waals surface area contributed by atoms with Crippen LogP contribution in [0.2, 0.25) is 0 Å². The summed E-state index contributed by atoms with van der Waals surface area (Å²) in [6, 6.07) is 9.85. The van der Waals surface area contributed by atoms with E-state index in [-0.39, 0.29) is 6.09 Å². The van der Waals surface area contributed by atoms with E-state index in [0.717, 1.165) is 24.6 Å². The Morgan fingerprint density at radius 3 is 2.47 bits per heavy atom. The minimum absolute atomic E-state index is 0.147. The molecule has 3 heteroatoms. The van der Waals surface area contributed by atoms with Crippen molar-refractivity contribution in [3.63, 3.8) is 0 Å². The van der Waals surface area contributed by atoms with Crippen LogP contribution in [0.25, 0.3) is 0 Å². The van der Waals surface area contributed by atoms with E-state index in [1.807, 2.05) is 35.2 Å². The Hall–Kier alpha value is -1.51. The molecular formula is C16H21NO2. The van der Waals surface area contributed by atoms with E-state index in [9.17, 15) is 4.79 Å². The number of nitrogens with zero attached hydrogens (tertiary/aromatic N) is 1. The summed E-state index contributed by atoms with van der Waals surface area (Å²) in [5.74, 6) is 2.25. The largest absolute Gasteiger partial charge is 0.445 e. The van der Waals surface area contributed by atoms with E-state index in [4.69, 9.17) is 4.74 Å². The molecule has 2 fully saturated rings. The van der Waals surface area contributed by atoms with Crippen LogP contribution in [-0.4, -0.2) is 24.1 Å². The highest BCUT2D eigenvalue weighted by atomic mass is 16.6. The maximum atomic E-state index is 12.0. The van der Waals surface area contributed by atoms with Crippen LogP contribution in [0, 0.1) is 17.8 Å². The van der Waals surface area contributed by atoms with Gasteiger partial charge in [0.1, 0.15) is 6.61 Å². The van der Waals surface area contributed by atoms with Gasteiger partial charge in [0.25, 0.3) is 0 Å². The molecular weight excluding hydrogens is 238 g/mol. The van der Waals surface area contributed by atoms with E-state index >= 15 is 0 Å². The van der Waals surface area contributed by atoms with Crippen molar-refractivity contribution in [3.8, 4) is 0 Å². The van der Waals surface area contributed by atoms with Crippen LogP contribution in [0.3, 0.4) is 0 Å². The third-order valence-electron chi connectivity index (χ3n) is 4.45. The Bertz CT molecular complexity index is 431. The Balaban J connectivity index is 1.50. The lowest BCUT2D eigenvalue weighted by Gasteiger charge is -2.18. The Morgan fingerprint density at radius 2 is 1.84 bits per heavy atom. The molecule has 1 saturated heterocycles. The molecule has 3 rings (SSSR count). The fourth-order valence-corrected chi connectivity index (χ4v) is 3.56. The standard InChI is InChI=1S/C16H21NO2/c1-12-7-14-9-17(10-15(14)8-12)16(18)19-11-13-5-3-2-4-6-13/h2-6,12,14-15H,7-11H2,1H3/t12?,14-,15+. The quantitative estimate of drug-likeness (QED) is 0.815. The number of carbonyl (C=O) groups is 1. The van der Waals surface area contributed by atoms with Gasteiger partial charge >= 0.3 is 6.09 Å². The topological polar surface area (TPSA) is 29.5 Å². The van der Waals surface area contributed by atoms with E-state index in [1.165, 1.54) is 12.8 Å². The van der Waals surface area contributed by atoms with Crippen LogP contribution < -0.4 is 0 Å². The molecule has 0 spiro atoms. The number of hydrogen-bond acceptors (Lipinski definition) is 2. The van der Waals surface area contributed by atoms with Crippen molar-refractivity contribution in [2.45, 2.75) is 26.4 Å². The Labute approximate surface area is 114 Å². The summed E-state index contributed by atoms with van der Waals surface area (Å²) >= 11 is 0. The van der Waals surface area contributed by atoms with Gasteiger partial charge < -0.3 is 9.64 Å². The molecule has 102 valence electrons. The van der Waals surface area contributed by atoms with Gasteiger partial charge in [0.2, 0.25) is 0 Å². The Kier molecular flexibility index (Phi) is 3.45. The predicted molar refractivity (Wildman–Crippen MR) is 73.6 cm³/mol. The van der Waals surface area contributed by atoms with Crippen molar-refractivity contribution in [1.29, 1.82) is 0 Å². The van der Waals surface area contributed by atoms with Crippen LogP contribution >= 0.6 is 0 Å². The van der Waals surface area contributed by atoms with Crippen molar-refractivity contribution in [2.24, 2.45) is 17.8 Å². The molecule has 1 aromatic carbocycles. The summed E-state index contributed by atoms with van der Waals surface area (Å²) in [5, 5.41) is 0. The zero-order chi connectivity index (χ0) is 13.2. The van der Waals surface area contributed by atoms with Gasteiger partial charge in [0.15, 0.2) is 0 Å². The number of likely N-dealkylation sites (tertiary alicyclic amines) is 1. The van der Waals surface area contributed by atoms with Crippen molar-refractivity contribution in [3.05, 3.63) is 35.9 Å². The van der Waals surface area contributed by atoms with Gasteiger partial charge in [-0.15, -0.1) is 0 Å². The van der Waals surface area contributed by atoms with Crippen LogP contribution in [0.4, 0.5) is 4.79 Å². The normalized spacial score (nSPS) is 29.3. The molecule has 1 aliphatic heterocycles. The van der Waals surface area contributed by atoms with E-state index in [2.05, 4.69) is 6.92 Å². The summed E-state index contributed by atoms with van der Waals surface area (Å²) in [7, 11) is 0. The molecule has 1 aliphatic carbocycles. The summed E-state index contributed by atoms with van der Waals surface area (Å²) in [5.41, 5.74) is 1.05. The zero-order valence-electron chi connectivity index (χ0n) is 11.4. The molecule has 0 aromatic heterocycles. The van der Waals surface area contributed by atoms with E-state index in [1.54, 1.807) is 0 Å². The van der Waals surface area contributed by atoms with Gasteiger partial charge in [-0.3, -0.25) is 0 Å². The lowest BCUT2D eigenvalue weighted by molar-refractivity contribution is 0.101. The van der Waals surface area contributed by atoms with Crippen LogP contribution in [0.5, 0.6) is 0 Å². The minimum Gasteiger partial charge on any atom is -0.445 e. The molecule has 1 saturated carbocycles.